The molecule has 1 aromatic rings. The van der Waals surface area contributed by atoms with Crippen LogP contribution in [0.2, 0.25) is 0 Å². The fraction of sp³-hybridized carbons (Fsp3) is 0.111. The number of nitrogens with one attached hydrogen (secondary N) is 1. The molecule has 1 aliphatic rings. The number of nitrogens with zero attached hydrogens (tertiary/aromatic N) is 1. The van der Waals surface area contributed by atoms with E-state index in [0.717, 1.165) is 4.91 Å². The lowest BCUT2D eigenvalue weighted by molar-refractivity contribution is 0.0372. The van der Waals surface area contributed by atoms with Crippen LogP contribution >= 0.6 is 11.9 Å². The molecule has 1 aliphatic heterocycles. The van der Waals surface area contributed by atoms with Crippen molar-refractivity contribution in [3.8, 4) is 0 Å². The molecular formula is C9H10N2O2S3. The van der Waals surface area contributed by atoms with E-state index < -0.39 is 8.77 Å². The van der Waals surface area contributed by atoms with E-state index in [1.165, 1.54) is 16.5 Å². The summed E-state index contributed by atoms with van der Waals surface area (Å²) in [7, 11) is -2.92. The maximum Gasteiger partial charge on any atom is 0.192 e. The molecule has 1 atom stereocenters. The Morgan fingerprint density at radius 3 is 2.69 bits per heavy atom. The third-order valence-electron chi connectivity index (χ3n) is 1.80. The van der Waals surface area contributed by atoms with Crippen molar-refractivity contribution < 1.29 is 8.49 Å². The van der Waals surface area contributed by atoms with Crippen LogP contribution in [-0.2, 0) is 24.2 Å². The number of rotatable bonds is 3. The maximum atomic E-state index is 12.1. The molecular weight excluding hydrogens is 264 g/mol. The smallest absolute Gasteiger partial charge is 0.192 e. The summed E-state index contributed by atoms with van der Waals surface area (Å²) in [5.41, 5.74) is 2.80. The van der Waals surface area contributed by atoms with Gasteiger partial charge in [0.25, 0.3) is 0 Å². The average Bonchev–Trinajstić information content (AvgIpc) is 2.64. The van der Waals surface area contributed by atoms with Gasteiger partial charge in [-0.25, -0.2) is 4.21 Å². The van der Waals surface area contributed by atoms with Gasteiger partial charge in [0, 0.05) is 34.2 Å². The summed E-state index contributed by atoms with van der Waals surface area (Å²) in [6, 6.07) is 8.77. The number of hydrogen-bond donors (Lipinski definition) is 1. The van der Waals surface area contributed by atoms with Crippen molar-refractivity contribution in [1.29, 1.82) is 0 Å². The second-order valence-corrected chi connectivity index (χ2v) is 7.08. The van der Waals surface area contributed by atoms with E-state index in [4.69, 9.17) is 15.5 Å². The van der Waals surface area contributed by atoms with Gasteiger partial charge in [-0.05, 0) is 23.6 Å². The predicted molar refractivity (Wildman–Crippen MR) is 67.6 cm³/mol. The average molecular weight is 274 g/mol. The third-order valence-corrected chi connectivity index (χ3v) is 4.60. The fourth-order valence-electron chi connectivity index (χ4n) is 1.08. The van der Waals surface area contributed by atoms with Crippen molar-refractivity contribution in [2.75, 3.05) is 0 Å². The molecule has 1 N–H and O–H groups in total. The Bertz CT molecular complexity index is 499. The summed E-state index contributed by atoms with van der Waals surface area (Å²) >= 11 is 6.27. The highest BCUT2D eigenvalue weighted by Crippen LogP contribution is 2.26. The van der Waals surface area contributed by atoms with Crippen LogP contribution in [0.5, 0.6) is 0 Å². The molecule has 1 heterocycles. The highest BCUT2D eigenvalue weighted by atomic mass is 32.8. The maximum absolute atomic E-state index is 12.1. The second kappa shape index (κ2) is 4.72. The zero-order valence-corrected chi connectivity index (χ0v) is 10.9. The van der Waals surface area contributed by atoms with Crippen molar-refractivity contribution in [1.82, 2.24) is 10.0 Å². The Kier molecular flexibility index (Phi) is 3.50. The predicted octanol–water partition coefficient (Wildman–Crippen LogP) is 1.97. The Labute approximate surface area is 104 Å². The minimum Gasteiger partial charge on any atom is -0.291 e. The molecule has 0 radical (unpaired) electrons. The molecule has 0 aliphatic carbocycles. The highest BCUT2D eigenvalue weighted by Gasteiger charge is 2.20. The van der Waals surface area contributed by atoms with Crippen molar-refractivity contribution in [2.24, 2.45) is 0 Å². The van der Waals surface area contributed by atoms with E-state index in [9.17, 15) is 4.21 Å². The molecule has 1 aromatic carbocycles. The Balaban J connectivity index is 2.10. The van der Waals surface area contributed by atoms with Gasteiger partial charge in [0.05, 0.1) is 4.90 Å². The van der Waals surface area contributed by atoms with Gasteiger partial charge in [-0.2, -0.15) is 4.28 Å². The fourth-order valence-corrected chi connectivity index (χ4v) is 3.36. The molecule has 16 heavy (non-hydrogen) atoms. The van der Waals surface area contributed by atoms with Gasteiger partial charge in [0.15, 0.2) is 8.77 Å². The first-order valence-electron chi connectivity index (χ1n) is 4.49. The van der Waals surface area contributed by atoms with Gasteiger partial charge in [0.2, 0.25) is 0 Å². The number of hydrogen-bond acceptors (Lipinski definition) is 6. The molecule has 7 heteroatoms. The van der Waals surface area contributed by atoms with Crippen LogP contribution in [0.3, 0.4) is 0 Å². The lowest BCUT2D eigenvalue weighted by Gasteiger charge is -2.15. The molecule has 0 saturated carbocycles. The van der Waals surface area contributed by atoms with Gasteiger partial charge in [-0.1, -0.05) is 18.2 Å². The standard InChI is InChI=1S/C9H10N2O2S3/c1-8-7-10-11(15-8)13-16(12,14)9-5-3-2-4-6-9/h2-7,10H,1H3. The topological polar surface area (TPSA) is 41.6 Å². The Hall–Kier alpha value is -0.600. The molecule has 86 valence electrons. The molecule has 0 aromatic heterocycles. The van der Waals surface area contributed by atoms with Crippen LogP contribution in [0.1, 0.15) is 6.92 Å². The van der Waals surface area contributed by atoms with E-state index in [1.807, 2.05) is 13.0 Å². The molecule has 4 nitrogen and oxygen atoms in total. The summed E-state index contributed by atoms with van der Waals surface area (Å²) in [5.74, 6) is 0. The zero-order valence-electron chi connectivity index (χ0n) is 8.45. The van der Waals surface area contributed by atoms with Crippen LogP contribution in [0.15, 0.2) is 46.3 Å². The summed E-state index contributed by atoms with van der Waals surface area (Å²) in [6.07, 6.45) is 1.75. The van der Waals surface area contributed by atoms with E-state index in [0.29, 0.717) is 4.90 Å². The van der Waals surface area contributed by atoms with Gasteiger partial charge in [-0.15, -0.1) is 0 Å². The van der Waals surface area contributed by atoms with Crippen molar-refractivity contribution in [2.45, 2.75) is 11.8 Å². The molecule has 0 saturated heterocycles. The largest absolute Gasteiger partial charge is 0.291 e. The first-order chi connectivity index (χ1) is 7.58. The molecule has 1 unspecified atom stereocenters. The third kappa shape index (κ3) is 2.74. The van der Waals surface area contributed by atoms with E-state index >= 15 is 0 Å². The van der Waals surface area contributed by atoms with Gasteiger partial charge >= 0.3 is 0 Å². The lowest BCUT2D eigenvalue weighted by Crippen LogP contribution is -2.26. The van der Waals surface area contributed by atoms with Gasteiger partial charge in [-0.3, -0.25) is 5.43 Å². The van der Waals surface area contributed by atoms with Crippen LogP contribution in [-0.4, -0.2) is 8.79 Å². The number of benzene rings is 1. The zero-order chi connectivity index (χ0) is 11.6. The minimum absolute atomic E-state index is 0.497. The minimum atomic E-state index is -2.92. The van der Waals surface area contributed by atoms with Gasteiger partial charge < -0.3 is 0 Å². The molecule has 0 bridgehead atoms. The lowest BCUT2D eigenvalue weighted by atomic mass is 10.4. The van der Waals surface area contributed by atoms with Crippen molar-refractivity contribution in [3.63, 3.8) is 0 Å². The SMILES string of the molecule is CC1=CNN(OS(=O)(=S)c2ccccc2)S1. The van der Waals surface area contributed by atoms with Crippen LogP contribution in [0.4, 0.5) is 0 Å². The van der Waals surface area contributed by atoms with E-state index in [1.54, 1.807) is 30.5 Å². The van der Waals surface area contributed by atoms with Crippen LogP contribution in [0, 0.1) is 0 Å². The first kappa shape index (κ1) is 11.9. The monoisotopic (exact) mass is 274 g/mol. The van der Waals surface area contributed by atoms with Crippen molar-refractivity contribution >= 4 is 31.9 Å². The number of allylic oxidation sites excluding steroid dienone is 1. The molecule has 2 rings (SSSR count). The molecule has 0 spiro atoms. The van der Waals surface area contributed by atoms with E-state index in [2.05, 4.69) is 5.43 Å². The summed E-state index contributed by atoms with van der Waals surface area (Å²) in [5, 5.41) is 0. The highest BCUT2D eigenvalue weighted by molar-refractivity contribution is 8.30. The summed E-state index contributed by atoms with van der Waals surface area (Å²) in [4.78, 5) is 1.51. The molecule has 0 amide bonds. The second-order valence-electron chi connectivity index (χ2n) is 3.07. The van der Waals surface area contributed by atoms with Crippen molar-refractivity contribution in [3.05, 3.63) is 41.4 Å². The Morgan fingerprint density at radius 1 is 1.44 bits per heavy atom. The van der Waals surface area contributed by atoms with Crippen LogP contribution in [0.25, 0.3) is 0 Å². The van der Waals surface area contributed by atoms with Crippen LogP contribution < -0.4 is 5.43 Å². The quantitative estimate of drug-likeness (QED) is 0.850. The summed E-state index contributed by atoms with van der Waals surface area (Å²) in [6.45, 7) is 1.91. The Morgan fingerprint density at radius 2 is 2.12 bits per heavy atom. The first-order valence-corrected chi connectivity index (χ1v) is 7.67. The number of hydrazine groups is 1. The van der Waals surface area contributed by atoms with E-state index in [-0.39, 0.29) is 0 Å². The van der Waals surface area contributed by atoms with Gasteiger partial charge in [0.1, 0.15) is 0 Å². The normalized spacial score (nSPS) is 19.9. The summed E-state index contributed by atoms with van der Waals surface area (Å²) < 4.78 is 18.7. The molecule has 0 fully saturated rings.